The molecule has 1 fully saturated rings. The van der Waals surface area contributed by atoms with Crippen molar-refractivity contribution in [3.05, 3.63) is 199 Å². The quantitative estimate of drug-likeness (QED) is 0.0425. The first-order valence-corrected chi connectivity index (χ1v) is 19.8. The number of thiophene rings is 1. The number of aromatic nitrogens is 1. The standard InChI is InChI=1S/C42H36N4O8S2/c1-27-38(42(49)46(27)56(51,52)53)43-41(48)39(34-23-14-24-55-34)44-54-26-33-37(36(30-19-10-4-11-20-30)31-21-12-5-13-22-31)40(47)32(25-45(33)50)35(28-15-6-2-7-16-28)29-17-8-3-9-18-29/h2-25,27,35-36,38,50H,26H2,1H3,(H,43,48)(H,51,52,53)/b44-39-/t27-,38-/m0/s1. The molecule has 0 radical (unpaired) electrons. The van der Waals surface area contributed by atoms with E-state index in [-0.39, 0.29) is 26.7 Å². The lowest BCUT2D eigenvalue weighted by molar-refractivity contribution is -0.143. The van der Waals surface area contributed by atoms with Gasteiger partial charge >= 0.3 is 10.3 Å². The summed E-state index contributed by atoms with van der Waals surface area (Å²) in [6, 6.07) is 39.0. The van der Waals surface area contributed by atoms with Gasteiger partial charge in [-0.2, -0.15) is 13.1 Å². The van der Waals surface area contributed by atoms with E-state index in [1.165, 1.54) is 24.5 Å². The van der Waals surface area contributed by atoms with Gasteiger partial charge in [0.15, 0.2) is 17.7 Å². The molecule has 7 rings (SSSR count). The third kappa shape index (κ3) is 7.62. The van der Waals surface area contributed by atoms with Crippen molar-refractivity contribution in [2.24, 2.45) is 5.16 Å². The second kappa shape index (κ2) is 16.2. The zero-order chi connectivity index (χ0) is 39.4. The van der Waals surface area contributed by atoms with Gasteiger partial charge in [-0.25, -0.2) is 4.31 Å². The molecule has 2 atom stereocenters. The molecule has 4 aromatic carbocycles. The fourth-order valence-corrected chi connectivity index (χ4v) is 8.65. The Kier molecular flexibility index (Phi) is 11.0. The summed E-state index contributed by atoms with van der Waals surface area (Å²) >= 11 is 1.17. The van der Waals surface area contributed by atoms with Crippen LogP contribution < -0.4 is 10.7 Å². The van der Waals surface area contributed by atoms with Gasteiger partial charge in [0.25, 0.3) is 11.8 Å². The minimum atomic E-state index is -4.81. The molecule has 6 aromatic rings. The van der Waals surface area contributed by atoms with Crippen LogP contribution in [0.15, 0.2) is 155 Å². The van der Waals surface area contributed by atoms with Crippen LogP contribution in [-0.2, 0) is 31.3 Å². The number of amides is 2. The molecule has 0 aliphatic carbocycles. The first-order chi connectivity index (χ1) is 27.0. The molecule has 14 heteroatoms. The summed E-state index contributed by atoms with van der Waals surface area (Å²) in [4.78, 5) is 47.6. The molecule has 0 spiro atoms. The van der Waals surface area contributed by atoms with E-state index in [4.69, 9.17) is 4.84 Å². The van der Waals surface area contributed by atoms with Crippen LogP contribution in [0.25, 0.3) is 0 Å². The van der Waals surface area contributed by atoms with Gasteiger partial charge in [0.05, 0.1) is 17.1 Å². The number of nitrogens with zero attached hydrogens (tertiary/aromatic N) is 3. The summed E-state index contributed by atoms with van der Waals surface area (Å²) in [5.41, 5.74) is 3.33. The van der Waals surface area contributed by atoms with Gasteiger partial charge < -0.3 is 15.4 Å². The highest BCUT2D eigenvalue weighted by molar-refractivity contribution is 7.84. The van der Waals surface area contributed by atoms with Gasteiger partial charge in [-0.05, 0) is 40.6 Å². The van der Waals surface area contributed by atoms with Crippen LogP contribution in [-0.4, -0.2) is 56.8 Å². The zero-order valence-electron chi connectivity index (χ0n) is 29.9. The maximum absolute atomic E-state index is 15.3. The summed E-state index contributed by atoms with van der Waals surface area (Å²) in [7, 11) is -4.81. The van der Waals surface area contributed by atoms with E-state index in [0.717, 1.165) is 27.0 Å². The predicted molar refractivity (Wildman–Crippen MR) is 211 cm³/mol. The van der Waals surface area contributed by atoms with Crippen molar-refractivity contribution in [3.63, 3.8) is 0 Å². The Bertz CT molecular complexity index is 2450. The second-order valence-corrected chi connectivity index (χ2v) is 15.4. The number of nitrogens with one attached hydrogen (secondary N) is 1. The highest BCUT2D eigenvalue weighted by atomic mass is 32.2. The van der Waals surface area contributed by atoms with E-state index < -0.39 is 52.6 Å². The predicted octanol–water partition coefficient (Wildman–Crippen LogP) is 5.95. The second-order valence-electron chi connectivity index (χ2n) is 13.1. The molecule has 2 amide bonds. The molecule has 3 N–H and O–H groups in total. The minimum absolute atomic E-state index is 0.0811. The maximum Gasteiger partial charge on any atom is 0.362 e. The molecule has 1 aliphatic rings. The van der Waals surface area contributed by atoms with E-state index in [9.17, 15) is 27.8 Å². The van der Waals surface area contributed by atoms with E-state index in [2.05, 4.69) is 10.5 Å². The van der Waals surface area contributed by atoms with Crippen molar-refractivity contribution >= 4 is 39.2 Å². The Hall–Kier alpha value is -6.35. The molecular weight excluding hydrogens is 753 g/mol. The van der Waals surface area contributed by atoms with Gasteiger partial charge in [0.1, 0.15) is 11.7 Å². The third-order valence-corrected chi connectivity index (χ3v) is 11.6. The van der Waals surface area contributed by atoms with E-state index >= 15 is 4.79 Å². The highest BCUT2D eigenvalue weighted by Crippen LogP contribution is 2.36. The van der Waals surface area contributed by atoms with Crippen molar-refractivity contribution in [1.29, 1.82) is 0 Å². The third-order valence-electron chi connectivity index (χ3n) is 9.68. The first-order valence-electron chi connectivity index (χ1n) is 17.6. The van der Waals surface area contributed by atoms with Crippen LogP contribution in [0.2, 0.25) is 0 Å². The van der Waals surface area contributed by atoms with Crippen molar-refractivity contribution < 1.29 is 32.6 Å². The van der Waals surface area contributed by atoms with Crippen molar-refractivity contribution in [2.45, 2.75) is 37.5 Å². The Balaban J connectivity index is 1.34. The molecule has 12 nitrogen and oxygen atoms in total. The normalized spacial score (nSPS) is 15.8. The zero-order valence-corrected chi connectivity index (χ0v) is 31.5. The molecule has 0 saturated carbocycles. The monoisotopic (exact) mass is 788 g/mol. The summed E-state index contributed by atoms with van der Waals surface area (Å²) in [5, 5.41) is 20.3. The van der Waals surface area contributed by atoms with Crippen LogP contribution in [0.3, 0.4) is 0 Å². The topological polar surface area (TPSA) is 168 Å². The van der Waals surface area contributed by atoms with Gasteiger partial charge in [0, 0.05) is 23.0 Å². The van der Waals surface area contributed by atoms with Gasteiger partial charge in [0.2, 0.25) is 0 Å². The Morgan fingerprint density at radius 3 is 1.75 bits per heavy atom. The molecule has 1 aliphatic heterocycles. The lowest BCUT2D eigenvalue weighted by atomic mass is 9.80. The van der Waals surface area contributed by atoms with Crippen LogP contribution in [0, 0.1) is 0 Å². The number of benzene rings is 4. The van der Waals surface area contributed by atoms with Crippen LogP contribution in [0.5, 0.6) is 0 Å². The summed E-state index contributed by atoms with van der Waals surface area (Å²) in [6.45, 7) is 0.899. The largest absolute Gasteiger partial charge is 0.429 e. The fraction of sp³-hybridized carbons (Fsp3) is 0.143. The Morgan fingerprint density at radius 2 is 1.30 bits per heavy atom. The van der Waals surface area contributed by atoms with Crippen molar-refractivity contribution in [2.75, 3.05) is 0 Å². The lowest BCUT2D eigenvalue weighted by Gasteiger charge is -2.42. The summed E-state index contributed by atoms with van der Waals surface area (Å²) in [5.74, 6) is -3.07. The number of carbonyl (C=O) groups is 2. The molecule has 1 saturated heterocycles. The highest BCUT2D eigenvalue weighted by Gasteiger charge is 2.51. The number of pyridine rings is 1. The number of β-lactam (4-membered cyclic amide) rings is 1. The molecule has 284 valence electrons. The minimum Gasteiger partial charge on any atom is -0.429 e. The van der Waals surface area contributed by atoms with Crippen LogP contribution in [0.4, 0.5) is 0 Å². The lowest BCUT2D eigenvalue weighted by Crippen LogP contribution is -2.71. The summed E-state index contributed by atoms with van der Waals surface area (Å²) in [6.07, 6.45) is 1.39. The molecule has 3 heterocycles. The summed E-state index contributed by atoms with van der Waals surface area (Å²) < 4.78 is 33.8. The number of oxime groups is 1. The van der Waals surface area contributed by atoms with Gasteiger partial charge in [-0.1, -0.05) is 133 Å². The number of carbonyl (C=O) groups excluding carboxylic acids is 2. The number of hydrogen-bond donors (Lipinski definition) is 3. The molecular formula is C42H36N4O8S2. The Morgan fingerprint density at radius 1 is 0.804 bits per heavy atom. The smallest absolute Gasteiger partial charge is 0.362 e. The van der Waals surface area contributed by atoms with Crippen LogP contribution in [0.1, 0.15) is 62.7 Å². The average Bonchev–Trinajstić information content (AvgIpc) is 3.74. The van der Waals surface area contributed by atoms with Gasteiger partial charge in [-0.15, -0.1) is 11.3 Å². The first kappa shape index (κ1) is 37.9. The molecule has 2 aromatic heterocycles. The SMILES string of the molecule is C[C@H]1[C@H](NC(=O)/C(=N\OCc2c(C(c3ccccc3)c3ccccc3)c(=O)c(C(c3ccccc3)c3ccccc3)cn2O)c2cccs2)C(=O)N1S(=O)(=O)O. The van der Waals surface area contributed by atoms with Crippen molar-refractivity contribution in [3.8, 4) is 0 Å². The van der Waals surface area contributed by atoms with Crippen molar-refractivity contribution in [1.82, 2.24) is 14.4 Å². The Labute approximate surface area is 326 Å². The average molecular weight is 789 g/mol. The van der Waals surface area contributed by atoms with E-state index in [0.29, 0.717) is 10.4 Å². The maximum atomic E-state index is 15.3. The molecule has 0 bridgehead atoms. The number of hydrogen-bond acceptors (Lipinski definition) is 9. The van der Waals surface area contributed by atoms with E-state index in [1.807, 2.05) is 121 Å². The molecule has 0 unspecified atom stereocenters. The fourth-order valence-electron chi connectivity index (χ4n) is 7.07. The number of rotatable bonds is 13. The molecule has 56 heavy (non-hydrogen) atoms. The van der Waals surface area contributed by atoms with E-state index in [1.54, 1.807) is 17.5 Å². The van der Waals surface area contributed by atoms with Crippen LogP contribution >= 0.6 is 11.3 Å². The van der Waals surface area contributed by atoms with Gasteiger partial charge in [-0.3, -0.25) is 18.9 Å².